The molecule has 0 aromatic carbocycles. The van der Waals surface area contributed by atoms with Crippen LogP contribution in [0.15, 0.2) is 0 Å². The molecule has 158 valence electrons. The van der Waals surface area contributed by atoms with E-state index in [2.05, 4.69) is 5.32 Å². The zero-order valence-electron chi connectivity index (χ0n) is 17.6. The molecule has 3 rings (SSSR count). The zero-order valence-corrected chi connectivity index (χ0v) is 17.6. The standard InChI is InChI=1S/C20H32N2O6/c1-7-27-17(26)13-12-16(25)22(8-9-23)14(15(24)21-18(3,4)5)20(12)10-11(2)19(13,6)28-20/h11-14,23H,7-10H2,1-6H3,(H,21,24)/t11?,12-,13-,14?,19+,20?/m0/s1. The van der Waals surface area contributed by atoms with Gasteiger partial charge in [-0.1, -0.05) is 6.92 Å². The number of carbonyl (C=O) groups is 3. The number of rotatable bonds is 5. The number of nitrogens with zero attached hydrogens (tertiary/aromatic N) is 1. The topological polar surface area (TPSA) is 105 Å². The molecule has 3 fully saturated rings. The van der Waals surface area contributed by atoms with Crippen LogP contribution >= 0.6 is 0 Å². The molecule has 8 nitrogen and oxygen atoms in total. The summed E-state index contributed by atoms with van der Waals surface area (Å²) < 4.78 is 11.7. The Bertz CT molecular complexity index is 689. The summed E-state index contributed by atoms with van der Waals surface area (Å²) >= 11 is 0. The Morgan fingerprint density at radius 2 is 2.04 bits per heavy atom. The number of hydrogen-bond acceptors (Lipinski definition) is 6. The first-order valence-electron chi connectivity index (χ1n) is 10.0. The van der Waals surface area contributed by atoms with Crippen LogP contribution in [-0.2, 0) is 23.9 Å². The Hall–Kier alpha value is -1.67. The SMILES string of the molecule is CCOC(=O)[C@@H]1[C@H]2C(=O)N(CCO)C(C(=O)NC(C)(C)C)C23CC(C)[C@@]1(C)O3. The molecule has 0 saturated carbocycles. The van der Waals surface area contributed by atoms with Crippen molar-refractivity contribution < 1.29 is 29.0 Å². The van der Waals surface area contributed by atoms with Gasteiger partial charge in [-0.3, -0.25) is 14.4 Å². The van der Waals surface area contributed by atoms with E-state index in [0.717, 1.165) is 0 Å². The maximum atomic E-state index is 13.4. The zero-order chi connectivity index (χ0) is 21.1. The molecule has 0 aromatic heterocycles. The van der Waals surface area contributed by atoms with E-state index < -0.39 is 40.6 Å². The van der Waals surface area contributed by atoms with E-state index in [-0.39, 0.29) is 37.5 Å². The molecular formula is C20H32N2O6. The molecule has 3 aliphatic heterocycles. The van der Waals surface area contributed by atoms with Crippen molar-refractivity contribution in [2.75, 3.05) is 19.8 Å². The first-order valence-corrected chi connectivity index (χ1v) is 10.0. The Morgan fingerprint density at radius 3 is 2.57 bits per heavy atom. The molecule has 28 heavy (non-hydrogen) atoms. The molecule has 3 saturated heterocycles. The van der Waals surface area contributed by atoms with Gasteiger partial charge >= 0.3 is 5.97 Å². The normalized spacial score (nSPS) is 39.2. The lowest BCUT2D eigenvalue weighted by molar-refractivity contribution is -0.161. The third-order valence-electron chi connectivity index (χ3n) is 6.44. The molecule has 0 aromatic rings. The highest BCUT2D eigenvalue weighted by atomic mass is 16.6. The number of carbonyl (C=O) groups excluding carboxylic acids is 3. The van der Waals surface area contributed by atoms with Gasteiger partial charge in [0.25, 0.3) is 0 Å². The van der Waals surface area contributed by atoms with Crippen molar-refractivity contribution in [2.45, 2.75) is 70.7 Å². The van der Waals surface area contributed by atoms with Crippen LogP contribution in [0.25, 0.3) is 0 Å². The lowest BCUT2D eigenvalue weighted by atomic mass is 9.62. The van der Waals surface area contributed by atoms with E-state index in [1.54, 1.807) is 6.92 Å². The molecule has 0 aliphatic carbocycles. The van der Waals surface area contributed by atoms with Crippen molar-refractivity contribution in [1.29, 1.82) is 0 Å². The lowest BCUT2D eigenvalue weighted by Gasteiger charge is -2.36. The first-order chi connectivity index (χ1) is 12.9. The van der Waals surface area contributed by atoms with Crippen LogP contribution in [0.4, 0.5) is 0 Å². The minimum Gasteiger partial charge on any atom is -0.466 e. The third kappa shape index (κ3) is 2.84. The Labute approximate surface area is 165 Å². The van der Waals surface area contributed by atoms with Gasteiger partial charge in [0, 0.05) is 12.1 Å². The second kappa shape index (κ2) is 6.69. The fourth-order valence-corrected chi connectivity index (χ4v) is 5.42. The van der Waals surface area contributed by atoms with Crippen LogP contribution < -0.4 is 5.32 Å². The molecule has 1 spiro atoms. The smallest absolute Gasteiger partial charge is 0.312 e. The van der Waals surface area contributed by atoms with Crippen LogP contribution in [0.3, 0.4) is 0 Å². The van der Waals surface area contributed by atoms with Crippen LogP contribution in [0, 0.1) is 17.8 Å². The number of fused-ring (bicyclic) bond motifs is 1. The largest absolute Gasteiger partial charge is 0.466 e. The number of aliphatic hydroxyl groups excluding tert-OH is 1. The van der Waals surface area contributed by atoms with E-state index in [9.17, 15) is 19.5 Å². The summed E-state index contributed by atoms with van der Waals surface area (Å²) in [6, 6.07) is -0.889. The molecule has 3 heterocycles. The number of esters is 1. The molecule has 3 unspecified atom stereocenters. The van der Waals surface area contributed by atoms with Crippen molar-refractivity contribution in [3.05, 3.63) is 0 Å². The number of amides is 2. The predicted octanol–water partition coefficient (Wildman–Crippen LogP) is 0.467. The third-order valence-corrected chi connectivity index (χ3v) is 6.44. The number of hydrogen-bond donors (Lipinski definition) is 2. The molecule has 2 N–H and O–H groups in total. The Balaban J connectivity index is 2.08. The van der Waals surface area contributed by atoms with Crippen molar-refractivity contribution in [3.8, 4) is 0 Å². The van der Waals surface area contributed by atoms with Gasteiger partial charge in [-0.2, -0.15) is 0 Å². The van der Waals surface area contributed by atoms with Gasteiger partial charge in [0.1, 0.15) is 17.6 Å². The molecule has 2 amide bonds. The minimum atomic E-state index is -1.09. The van der Waals surface area contributed by atoms with Crippen LogP contribution in [0.1, 0.15) is 48.0 Å². The number of aliphatic hydroxyl groups is 1. The summed E-state index contributed by atoms with van der Waals surface area (Å²) in [4.78, 5) is 40.8. The van der Waals surface area contributed by atoms with Crippen molar-refractivity contribution >= 4 is 17.8 Å². The van der Waals surface area contributed by atoms with Crippen LogP contribution in [0.5, 0.6) is 0 Å². The molecule has 6 atom stereocenters. The molecule has 2 bridgehead atoms. The van der Waals surface area contributed by atoms with Crippen molar-refractivity contribution in [1.82, 2.24) is 10.2 Å². The summed E-state index contributed by atoms with van der Waals surface area (Å²) in [5.41, 5.74) is -2.45. The summed E-state index contributed by atoms with van der Waals surface area (Å²) in [5, 5.41) is 12.5. The van der Waals surface area contributed by atoms with Gasteiger partial charge in [-0.25, -0.2) is 0 Å². The number of β-amino-alcohol motifs (C(OH)–C–C–N with tert-alkyl or cyclic N) is 1. The second-order valence-corrected chi connectivity index (χ2v) is 9.45. The van der Waals surface area contributed by atoms with Gasteiger partial charge in [0.15, 0.2) is 0 Å². The fourth-order valence-electron chi connectivity index (χ4n) is 5.42. The maximum Gasteiger partial charge on any atom is 0.312 e. The van der Waals surface area contributed by atoms with E-state index in [4.69, 9.17) is 9.47 Å². The second-order valence-electron chi connectivity index (χ2n) is 9.45. The predicted molar refractivity (Wildman–Crippen MR) is 100 cm³/mol. The minimum absolute atomic E-state index is 0.0172. The molecule has 3 aliphatic rings. The number of ether oxygens (including phenoxy) is 2. The lowest BCUT2D eigenvalue weighted by Crippen LogP contribution is -2.58. The van der Waals surface area contributed by atoms with Crippen LogP contribution in [0.2, 0.25) is 0 Å². The van der Waals surface area contributed by atoms with Gasteiger partial charge in [0.05, 0.1) is 24.7 Å². The molecular weight excluding hydrogens is 364 g/mol. The van der Waals surface area contributed by atoms with Gasteiger partial charge in [-0.05, 0) is 47.0 Å². The quantitative estimate of drug-likeness (QED) is 0.655. The average molecular weight is 396 g/mol. The summed E-state index contributed by atoms with van der Waals surface area (Å²) in [7, 11) is 0. The summed E-state index contributed by atoms with van der Waals surface area (Å²) in [6.07, 6.45) is 0.500. The molecule has 8 heteroatoms. The fraction of sp³-hybridized carbons (Fsp3) is 0.850. The van der Waals surface area contributed by atoms with Crippen molar-refractivity contribution in [2.24, 2.45) is 17.8 Å². The first kappa shape index (κ1) is 21.0. The monoisotopic (exact) mass is 396 g/mol. The Kier molecular flexibility index (Phi) is 5.03. The summed E-state index contributed by atoms with van der Waals surface area (Å²) in [6.45, 7) is 11.1. The number of nitrogens with one attached hydrogen (secondary N) is 1. The molecule has 0 radical (unpaired) electrons. The van der Waals surface area contributed by atoms with E-state index in [0.29, 0.717) is 6.42 Å². The highest BCUT2D eigenvalue weighted by molar-refractivity contribution is 5.98. The van der Waals surface area contributed by atoms with E-state index >= 15 is 0 Å². The van der Waals surface area contributed by atoms with Crippen molar-refractivity contribution in [3.63, 3.8) is 0 Å². The Morgan fingerprint density at radius 1 is 1.39 bits per heavy atom. The highest BCUT2D eigenvalue weighted by Crippen LogP contribution is 2.65. The average Bonchev–Trinajstić information content (AvgIpc) is 3.05. The van der Waals surface area contributed by atoms with E-state index in [1.807, 2.05) is 34.6 Å². The maximum absolute atomic E-state index is 13.4. The van der Waals surface area contributed by atoms with Gasteiger partial charge in [0.2, 0.25) is 11.8 Å². The number of likely N-dealkylation sites (tertiary alicyclic amines) is 1. The van der Waals surface area contributed by atoms with Gasteiger partial charge in [-0.15, -0.1) is 0 Å². The summed E-state index contributed by atoms with van der Waals surface area (Å²) in [5.74, 6) is -2.68. The van der Waals surface area contributed by atoms with E-state index in [1.165, 1.54) is 4.90 Å². The van der Waals surface area contributed by atoms with Gasteiger partial charge < -0.3 is 24.8 Å². The van der Waals surface area contributed by atoms with Crippen LogP contribution in [-0.4, -0.2) is 70.3 Å². The highest BCUT2D eigenvalue weighted by Gasteiger charge is 2.80.